The molecule has 3 fully saturated rings. The lowest BCUT2D eigenvalue weighted by molar-refractivity contribution is -0.124. The molecule has 0 spiro atoms. The quantitative estimate of drug-likeness (QED) is 0.280. The number of benzene rings is 3. The number of Topliss-reactive ketones (excluding diaryl/α,β-unsaturated/α-hetero) is 1. The standard InChI is InChI=1S/C31H25NO4/c33-27(20-11-9-19(10-12-20)18-5-2-1-3-6-18)17-36-22-8-4-7-21(15-22)32-30(34)28-23-13-14-24(26-16-25(23)26)29(28)31(32)35/h1-15,23-26,28-29H,16-17H2/t23-,24-,25-,26+,28-,29+/m1/s1. The summed E-state index contributed by atoms with van der Waals surface area (Å²) < 4.78 is 5.79. The number of carbonyl (C=O) groups is 3. The van der Waals surface area contributed by atoms with Gasteiger partial charge in [-0.3, -0.25) is 14.4 Å². The van der Waals surface area contributed by atoms with Crippen LogP contribution in [0.1, 0.15) is 16.8 Å². The number of hydrogen-bond donors (Lipinski definition) is 0. The zero-order valence-corrected chi connectivity index (χ0v) is 19.6. The Bertz CT molecular complexity index is 1370. The molecule has 5 heteroatoms. The summed E-state index contributed by atoms with van der Waals surface area (Å²) >= 11 is 0. The van der Waals surface area contributed by atoms with Gasteiger partial charge in [0, 0.05) is 11.6 Å². The summed E-state index contributed by atoms with van der Waals surface area (Å²) in [5.74, 6) is 1.18. The highest BCUT2D eigenvalue weighted by Gasteiger charge is 2.67. The summed E-state index contributed by atoms with van der Waals surface area (Å²) in [5, 5.41) is 0. The number of allylic oxidation sites excluding steroid dienone is 2. The summed E-state index contributed by atoms with van der Waals surface area (Å²) in [5.41, 5.74) is 3.23. The zero-order valence-electron chi connectivity index (χ0n) is 19.6. The van der Waals surface area contributed by atoms with Crippen LogP contribution >= 0.6 is 0 Å². The molecule has 1 aliphatic heterocycles. The predicted octanol–water partition coefficient (Wildman–Crippen LogP) is 5.17. The van der Waals surface area contributed by atoms with Crippen LogP contribution < -0.4 is 9.64 Å². The van der Waals surface area contributed by atoms with Crippen molar-refractivity contribution >= 4 is 23.3 Å². The van der Waals surface area contributed by atoms with Crippen LogP contribution in [0.2, 0.25) is 0 Å². The van der Waals surface area contributed by atoms with Crippen molar-refractivity contribution in [3.63, 3.8) is 0 Å². The number of amides is 2. The van der Waals surface area contributed by atoms with E-state index in [0.717, 1.165) is 17.5 Å². The van der Waals surface area contributed by atoms with Crippen molar-refractivity contribution in [1.82, 2.24) is 0 Å². The second kappa shape index (κ2) is 8.02. The van der Waals surface area contributed by atoms with Crippen LogP contribution in [-0.4, -0.2) is 24.2 Å². The van der Waals surface area contributed by atoms with E-state index < -0.39 is 0 Å². The molecule has 178 valence electrons. The third-order valence-electron chi connectivity index (χ3n) is 8.42. The molecule has 1 heterocycles. The predicted molar refractivity (Wildman–Crippen MR) is 135 cm³/mol. The second-order valence-electron chi connectivity index (χ2n) is 10.3. The number of anilines is 1. The van der Waals surface area contributed by atoms with Crippen molar-refractivity contribution in [3.05, 3.63) is 96.6 Å². The van der Waals surface area contributed by atoms with Gasteiger partial charge in [0.05, 0.1) is 17.5 Å². The Hall–Kier alpha value is -3.99. The van der Waals surface area contributed by atoms with Crippen LogP contribution in [0.5, 0.6) is 5.75 Å². The van der Waals surface area contributed by atoms with Gasteiger partial charge in [0.2, 0.25) is 11.8 Å². The van der Waals surface area contributed by atoms with E-state index in [0.29, 0.717) is 28.8 Å². The smallest absolute Gasteiger partial charge is 0.238 e. The first-order valence-electron chi connectivity index (χ1n) is 12.6. The molecule has 1 saturated heterocycles. The average Bonchev–Trinajstić information content (AvgIpc) is 3.71. The molecule has 3 aromatic carbocycles. The largest absolute Gasteiger partial charge is 0.485 e. The first kappa shape index (κ1) is 21.3. The minimum Gasteiger partial charge on any atom is -0.485 e. The fourth-order valence-corrected chi connectivity index (χ4v) is 6.64. The summed E-state index contributed by atoms with van der Waals surface area (Å²) in [7, 11) is 0. The molecule has 8 rings (SSSR count). The van der Waals surface area contributed by atoms with Crippen LogP contribution in [0.25, 0.3) is 11.1 Å². The molecule has 5 aliphatic rings. The molecule has 2 bridgehead atoms. The number of ketones is 1. The lowest BCUT2D eigenvalue weighted by atomic mass is 9.63. The van der Waals surface area contributed by atoms with Crippen LogP contribution in [0.3, 0.4) is 0 Å². The molecule has 36 heavy (non-hydrogen) atoms. The molecule has 5 nitrogen and oxygen atoms in total. The highest BCUT2D eigenvalue weighted by Crippen LogP contribution is 2.65. The Morgan fingerprint density at radius 1 is 0.778 bits per heavy atom. The molecular weight excluding hydrogens is 450 g/mol. The highest BCUT2D eigenvalue weighted by atomic mass is 16.5. The van der Waals surface area contributed by atoms with Crippen molar-refractivity contribution in [1.29, 1.82) is 0 Å². The summed E-state index contributed by atoms with van der Waals surface area (Å²) in [6.45, 7) is -0.126. The third kappa shape index (κ3) is 3.26. The van der Waals surface area contributed by atoms with E-state index in [9.17, 15) is 14.4 Å². The van der Waals surface area contributed by atoms with Gasteiger partial charge in [0.15, 0.2) is 12.4 Å². The second-order valence-corrected chi connectivity index (χ2v) is 10.3. The van der Waals surface area contributed by atoms with Gasteiger partial charge >= 0.3 is 0 Å². The molecule has 0 aromatic heterocycles. The Labute approximate surface area is 209 Å². The van der Waals surface area contributed by atoms with E-state index in [1.807, 2.05) is 42.5 Å². The van der Waals surface area contributed by atoms with Crippen molar-refractivity contribution < 1.29 is 19.1 Å². The monoisotopic (exact) mass is 475 g/mol. The Kier molecular flexibility index (Phi) is 4.75. The van der Waals surface area contributed by atoms with Crippen molar-refractivity contribution in [2.24, 2.45) is 35.5 Å². The van der Waals surface area contributed by atoms with Crippen molar-refractivity contribution in [3.8, 4) is 16.9 Å². The first-order chi connectivity index (χ1) is 17.6. The van der Waals surface area contributed by atoms with E-state index >= 15 is 0 Å². The fraction of sp³-hybridized carbons (Fsp3) is 0.258. The van der Waals surface area contributed by atoms with E-state index in [1.54, 1.807) is 36.4 Å². The van der Waals surface area contributed by atoms with E-state index in [2.05, 4.69) is 12.2 Å². The van der Waals surface area contributed by atoms with Gasteiger partial charge in [-0.05, 0) is 53.4 Å². The SMILES string of the molecule is O=C(COc1cccc(N2C(=O)[C@@H]3[C@@H]4C=C[C@H]([C@@H]5C[C@H]45)[C@@H]3C2=O)c1)c1ccc(-c2ccccc2)cc1. The number of imide groups is 1. The van der Waals surface area contributed by atoms with Gasteiger partial charge in [-0.25, -0.2) is 4.90 Å². The molecule has 3 aromatic rings. The Morgan fingerprint density at radius 3 is 2.08 bits per heavy atom. The molecule has 2 saturated carbocycles. The van der Waals surface area contributed by atoms with Crippen LogP contribution in [0.15, 0.2) is 91.0 Å². The molecule has 4 aliphatic carbocycles. The minimum atomic E-state index is -0.235. The van der Waals surface area contributed by atoms with Gasteiger partial charge in [-0.1, -0.05) is 72.8 Å². The third-order valence-corrected chi connectivity index (χ3v) is 8.42. The Morgan fingerprint density at radius 2 is 1.42 bits per heavy atom. The maximum Gasteiger partial charge on any atom is 0.238 e. The Balaban J connectivity index is 1.05. The molecular formula is C31H25NO4. The van der Waals surface area contributed by atoms with Crippen LogP contribution in [0, 0.1) is 35.5 Å². The number of rotatable bonds is 6. The van der Waals surface area contributed by atoms with E-state index in [4.69, 9.17) is 4.74 Å². The number of carbonyl (C=O) groups excluding carboxylic acids is 3. The van der Waals surface area contributed by atoms with Crippen LogP contribution in [-0.2, 0) is 9.59 Å². The lowest BCUT2D eigenvalue weighted by Crippen LogP contribution is -2.40. The van der Waals surface area contributed by atoms with Gasteiger partial charge in [-0.2, -0.15) is 0 Å². The maximum atomic E-state index is 13.4. The molecule has 6 atom stereocenters. The van der Waals surface area contributed by atoms with Gasteiger partial charge in [0.1, 0.15) is 5.75 Å². The van der Waals surface area contributed by atoms with Crippen LogP contribution in [0.4, 0.5) is 5.69 Å². The molecule has 0 unspecified atom stereocenters. The fourth-order valence-electron chi connectivity index (χ4n) is 6.64. The summed E-state index contributed by atoms with van der Waals surface area (Å²) in [4.78, 5) is 40.8. The zero-order chi connectivity index (χ0) is 24.4. The van der Waals surface area contributed by atoms with E-state index in [1.165, 1.54) is 4.90 Å². The highest BCUT2D eigenvalue weighted by molar-refractivity contribution is 6.22. The van der Waals surface area contributed by atoms with Gasteiger partial charge < -0.3 is 4.74 Å². The lowest BCUT2D eigenvalue weighted by Gasteiger charge is -2.37. The normalized spacial score (nSPS) is 29.2. The summed E-state index contributed by atoms with van der Waals surface area (Å²) in [6, 6.07) is 24.4. The number of nitrogens with zero attached hydrogens (tertiary/aromatic N) is 1. The van der Waals surface area contributed by atoms with Crippen molar-refractivity contribution in [2.75, 3.05) is 11.5 Å². The van der Waals surface area contributed by atoms with Gasteiger partial charge in [0.25, 0.3) is 0 Å². The maximum absolute atomic E-state index is 13.4. The van der Waals surface area contributed by atoms with Gasteiger partial charge in [-0.15, -0.1) is 0 Å². The molecule has 0 N–H and O–H groups in total. The van der Waals surface area contributed by atoms with Crippen molar-refractivity contribution in [2.45, 2.75) is 6.42 Å². The molecule has 2 amide bonds. The number of hydrogen-bond acceptors (Lipinski definition) is 4. The van der Waals surface area contributed by atoms with E-state index in [-0.39, 0.29) is 47.9 Å². The first-order valence-corrected chi connectivity index (χ1v) is 12.6. The average molecular weight is 476 g/mol. The minimum absolute atomic E-state index is 0.0959. The topological polar surface area (TPSA) is 63.7 Å². The molecule has 0 radical (unpaired) electrons. The number of ether oxygens (including phenoxy) is 1. The summed E-state index contributed by atoms with van der Waals surface area (Å²) in [6.07, 6.45) is 5.49.